The van der Waals surface area contributed by atoms with E-state index in [4.69, 9.17) is 5.11 Å². The summed E-state index contributed by atoms with van der Waals surface area (Å²) in [7, 11) is 0. The molecule has 94 valence electrons. The van der Waals surface area contributed by atoms with E-state index in [1.54, 1.807) is 29.5 Å². The van der Waals surface area contributed by atoms with Crippen LogP contribution in [-0.4, -0.2) is 16.1 Å². The minimum absolute atomic E-state index is 0.290. The van der Waals surface area contributed by atoms with E-state index in [1.165, 1.54) is 0 Å². The van der Waals surface area contributed by atoms with Crippen molar-refractivity contribution < 1.29 is 9.90 Å². The summed E-state index contributed by atoms with van der Waals surface area (Å²) < 4.78 is 0. The van der Waals surface area contributed by atoms with Gasteiger partial charge in [0.05, 0.1) is 17.1 Å². The molecule has 1 heterocycles. The zero-order valence-electron chi connectivity index (χ0n) is 10.0. The van der Waals surface area contributed by atoms with E-state index in [0.717, 1.165) is 22.0 Å². The van der Waals surface area contributed by atoms with Gasteiger partial charge in [0, 0.05) is 16.8 Å². The lowest BCUT2D eigenvalue weighted by Gasteiger charge is -2.05. The average molecular weight is 262 g/mol. The average Bonchev–Trinajstić information content (AvgIpc) is 2.84. The highest BCUT2D eigenvalue weighted by atomic mass is 32.1. The number of carbonyl (C=O) groups is 1. The summed E-state index contributed by atoms with van der Waals surface area (Å²) >= 11 is 1.67. The van der Waals surface area contributed by atoms with E-state index < -0.39 is 5.97 Å². The Bertz CT molecular complexity index is 551. The molecule has 4 nitrogen and oxygen atoms in total. The number of benzene rings is 1. The Labute approximate surface area is 109 Å². The van der Waals surface area contributed by atoms with Crippen molar-refractivity contribution in [1.82, 2.24) is 4.98 Å². The molecular weight excluding hydrogens is 248 g/mol. The molecule has 0 saturated carbocycles. The van der Waals surface area contributed by atoms with E-state index in [-0.39, 0.29) is 0 Å². The second-order valence-electron chi connectivity index (χ2n) is 3.81. The van der Waals surface area contributed by atoms with E-state index in [1.807, 2.05) is 12.3 Å². The smallest absolute Gasteiger partial charge is 0.335 e. The highest BCUT2D eigenvalue weighted by Crippen LogP contribution is 2.16. The fourth-order valence-electron chi connectivity index (χ4n) is 1.54. The van der Waals surface area contributed by atoms with Crippen LogP contribution in [0.1, 0.15) is 27.2 Å². The van der Waals surface area contributed by atoms with Crippen LogP contribution in [-0.2, 0) is 13.0 Å². The highest BCUT2D eigenvalue weighted by Gasteiger charge is 2.04. The van der Waals surface area contributed by atoms with Gasteiger partial charge in [-0.3, -0.25) is 0 Å². The maximum atomic E-state index is 10.8. The number of carboxylic acids is 1. The van der Waals surface area contributed by atoms with Gasteiger partial charge in [0.25, 0.3) is 0 Å². The number of hydrogen-bond donors (Lipinski definition) is 2. The molecule has 0 fully saturated rings. The topological polar surface area (TPSA) is 62.2 Å². The summed E-state index contributed by atoms with van der Waals surface area (Å²) in [4.78, 5) is 16.3. The second-order valence-corrected chi connectivity index (χ2v) is 5.01. The molecule has 0 aliphatic rings. The van der Waals surface area contributed by atoms with Gasteiger partial charge in [0.2, 0.25) is 0 Å². The molecule has 2 rings (SSSR count). The molecule has 2 N–H and O–H groups in total. The van der Waals surface area contributed by atoms with Crippen LogP contribution in [0.15, 0.2) is 30.5 Å². The lowest BCUT2D eigenvalue weighted by Crippen LogP contribution is -2.00. The molecule has 18 heavy (non-hydrogen) atoms. The second kappa shape index (κ2) is 5.64. The fourth-order valence-corrected chi connectivity index (χ4v) is 2.35. The van der Waals surface area contributed by atoms with Gasteiger partial charge in [-0.05, 0) is 24.6 Å². The number of nitrogens with one attached hydrogen (secondary N) is 1. The lowest BCUT2D eigenvalue weighted by atomic mass is 10.2. The molecule has 0 bridgehead atoms. The Morgan fingerprint density at radius 3 is 3.00 bits per heavy atom. The molecule has 2 aromatic rings. The van der Waals surface area contributed by atoms with Crippen LogP contribution >= 0.6 is 11.3 Å². The van der Waals surface area contributed by atoms with Crippen molar-refractivity contribution in [3.8, 4) is 0 Å². The Hall–Kier alpha value is -1.88. The number of rotatable bonds is 5. The molecular formula is C13H14N2O2S. The first-order chi connectivity index (χ1) is 8.69. The molecule has 0 saturated heterocycles. The third-order valence-electron chi connectivity index (χ3n) is 2.48. The molecule has 0 aliphatic carbocycles. The largest absolute Gasteiger partial charge is 0.478 e. The number of nitrogens with zero attached hydrogens (tertiary/aromatic N) is 1. The first kappa shape index (κ1) is 12.6. The van der Waals surface area contributed by atoms with Gasteiger partial charge in [-0.15, -0.1) is 11.3 Å². The van der Waals surface area contributed by atoms with Crippen molar-refractivity contribution in [2.45, 2.75) is 19.9 Å². The van der Waals surface area contributed by atoms with E-state index >= 15 is 0 Å². The number of aromatic carboxylic acids is 1. The maximum absolute atomic E-state index is 10.8. The minimum atomic E-state index is -0.912. The third kappa shape index (κ3) is 3.07. The van der Waals surface area contributed by atoms with Crippen molar-refractivity contribution in [2.75, 3.05) is 5.32 Å². The summed E-state index contributed by atoms with van der Waals surface area (Å²) in [5.41, 5.74) is 1.10. The first-order valence-electron chi connectivity index (χ1n) is 5.70. The number of carboxylic acid groups (broad SMARTS) is 1. The Morgan fingerprint density at radius 2 is 2.33 bits per heavy atom. The van der Waals surface area contributed by atoms with Gasteiger partial charge in [0.15, 0.2) is 0 Å². The molecule has 0 unspecified atom stereocenters. The van der Waals surface area contributed by atoms with Crippen LogP contribution in [0.4, 0.5) is 5.69 Å². The summed E-state index contributed by atoms with van der Waals surface area (Å²) in [5, 5.41) is 13.2. The molecule has 1 aromatic carbocycles. The maximum Gasteiger partial charge on any atom is 0.335 e. The van der Waals surface area contributed by atoms with Gasteiger partial charge >= 0.3 is 5.97 Å². The van der Waals surface area contributed by atoms with Crippen molar-refractivity contribution in [1.29, 1.82) is 0 Å². The van der Waals surface area contributed by atoms with Gasteiger partial charge in [-0.25, -0.2) is 9.78 Å². The highest BCUT2D eigenvalue weighted by molar-refractivity contribution is 7.11. The van der Waals surface area contributed by atoms with Gasteiger partial charge in [-0.2, -0.15) is 0 Å². The lowest BCUT2D eigenvalue weighted by molar-refractivity contribution is 0.0697. The third-order valence-corrected chi connectivity index (χ3v) is 3.62. The summed E-state index contributed by atoms with van der Waals surface area (Å²) in [6, 6.07) is 6.80. The predicted octanol–water partition coefficient (Wildman–Crippen LogP) is 3.02. The molecule has 0 spiro atoms. The minimum Gasteiger partial charge on any atom is -0.478 e. The normalized spacial score (nSPS) is 10.3. The molecule has 1 aromatic heterocycles. The molecule has 0 aliphatic heterocycles. The van der Waals surface area contributed by atoms with Crippen molar-refractivity contribution >= 4 is 23.0 Å². The number of thiazole rings is 1. The van der Waals surface area contributed by atoms with Gasteiger partial charge in [-0.1, -0.05) is 13.0 Å². The molecule has 0 atom stereocenters. The van der Waals surface area contributed by atoms with Crippen LogP contribution in [0.25, 0.3) is 0 Å². The van der Waals surface area contributed by atoms with Crippen LogP contribution in [0.3, 0.4) is 0 Å². The summed E-state index contributed by atoms with van der Waals surface area (Å²) in [5.74, 6) is -0.912. The van der Waals surface area contributed by atoms with Crippen LogP contribution in [0.2, 0.25) is 0 Å². The van der Waals surface area contributed by atoms with E-state index in [2.05, 4.69) is 17.2 Å². The predicted molar refractivity (Wildman–Crippen MR) is 72.2 cm³/mol. The molecule has 0 amide bonds. The number of hydrogen-bond acceptors (Lipinski definition) is 4. The zero-order chi connectivity index (χ0) is 13.0. The van der Waals surface area contributed by atoms with Crippen LogP contribution in [0.5, 0.6) is 0 Å². The Morgan fingerprint density at radius 1 is 1.50 bits per heavy atom. The Kier molecular flexibility index (Phi) is 3.94. The standard InChI is InChI=1S/C13H14N2O2S/c1-2-12-15-8-11(18-12)7-14-10-5-3-4-9(6-10)13(16)17/h3-6,8,14H,2,7H2,1H3,(H,16,17). The summed E-state index contributed by atoms with van der Waals surface area (Å²) in [6.45, 7) is 2.74. The van der Waals surface area contributed by atoms with Gasteiger partial charge < -0.3 is 10.4 Å². The summed E-state index contributed by atoms with van der Waals surface area (Å²) in [6.07, 6.45) is 2.80. The van der Waals surface area contributed by atoms with Crippen molar-refractivity contribution in [2.24, 2.45) is 0 Å². The van der Waals surface area contributed by atoms with Crippen molar-refractivity contribution in [3.63, 3.8) is 0 Å². The van der Waals surface area contributed by atoms with E-state index in [9.17, 15) is 4.79 Å². The monoisotopic (exact) mass is 262 g/mol. The first-order valence-corrected chi connectivity index (χ1v) is 6.51. The van der Waals surface area contributed by atoms with Gasteiger partial charge in [0.1, 0.15) is 0 Å². The van der Waals surface area contributed by atoms with E-state index in [0.29, 0.717) is 12.1 Å². The van der Waals surface area contributed by atoms with Crippen molar-refractivity contribution in [3.05, 3.63) is 45.9 Å². The number of aryl methyl sites for hydroxylation is 1. The Balaban J connectivity index is 2.01. The molecule has 5 heteroatoms. The fraction of sp³-hybridized carbons (Fsp3) is 0.231. The molecule has 0 radical (unpaired) electrons. The quantitative estimate of drug-likeness (QED) is 0.869. The number of anilines is 1. The SMILES string of the molecule is CCc1ncc(CNc2cccc(C(=O)O)c2)s1. The zero-order valence-corrected chi connectivity index (χ0v) is 10.8. The van der Waals surface area contributed by atoms with Crippen LogP contribution in [0, 0.1) is 0 Å². The number of aromatic nitrogens is 1. The van der Waals surface area contributed by atoms with Crippen LogP contribution < -0.4 is 5.32 Å².